The van der Waals surface area contributed by atoms with E-state index in [1.165, 1.54) is 24.9 Å². The van der Waals surface area contributed by atoms with Crippen LogP contribution in [0.5, 0.6) is 5.75 Å². The average molecular weight is 363 g/mol. The molecule has 8 heteroatoms. The summed E-state index contributed by atoms with van der Waals surface area (Å²) in [5.41, 5.74) is 1.22. The van der Waals surface area contributed by atoms with Crippen molar-refractivity contribution < 1.29 is 24.5 Å². The molecule has 0 amide bonds. The molecule has 1 aromatic heterocycles. The molecule has 0 aliphatic carbocycles. The second kappa shape index (κ2) is 9.76. The van der Waals surface area contributed by atoms with E-state index in [0.717, 1.165) is 18.8 Å². The third-order valence-electron chi connectivity index (χ3n) is 4.33. The molecule has 142 valence electrons. The number of hydrogen-bond acceptors (Lipinski definition) is 6. The number of pyridine rings is 1. The number of nitrogens with zero attached hydrogens (tertiary/aromatic N) is 2. The summed E-state index contributed by atoms with van der Waals surface area (Å²) in [4.78, 5) is 26.0. The van der Waals surface area contributed by atoms with Crippen LogP contribution in [0, 0.1) is 0 Å². The van der Waals surface area contributed by atoms with Gasteiger partial charge < -0.3 is 25.2 Å². The van der Waals surface area contributed by atoms with Crippen LogP contribution < -0.4 is 15.0 Å². The number of hydrogen-bond donors (Lipinski definition) is 3. The van der Waals surface area contributed by atoms with E-state index in [1.54, 1.807) is 6.20 Å². The highest BCUT2D eigenvalue weighted by atomic mass is 16.5. The fourth-order valence-electron chi connectivity index (χ4n) is 3.34. The van der Waals surface area contributed by atoms with Gasteiger partial charge in [0.2, 0.25) is 0 Å². The molecule has 3 rings (SSSR count). The second-order valence-electron chi connectivity index (χ2n) is 6.11. The molecule has 8 nitrogen and oxygen atoms in total. The number of rotatable bonds is 5. The molecule has 2 saturated heterocycles. The molecule has 0 saturated carbocycles. The van der Waals surface area contributed by atoms with Crippen molar-refractivity contribution in [3.8, 4) is 5.75 Å². The number of aromatic nitrogens is 1. The summed E-state index contributed by atoms with van der Waals surface area (Å²) in [5.74, 6) is -1.63. The van der Waals surface area contributed by atoms with Crippen LogP contribution >= 0.6 is 0 Å². The Morgan fingerprint density at radius 2 is 1.92 bits per heavy atom. The standard InChI is InChI=1S/C14H21N3O.C4H4O4/c1-2-18-14-7-13(9-16-10-14)17-11-3-4-12(17)8-15-6-5-11;5-3(6)1-2-4(7)8/h7,9-12,15H,2-6,8H2,1H3;1-2H,(H,5,6)(H,7,8)/b;2-1+. The van der Waals surface area contributed by atoms with Crippen LogP contribution in [-0.2, 0) is 9.59 Å². The predicted octanol–water partition coefficient (Wildman–Crippen LogP) is 1.52. The maximum Gasteiger partial charge on any atom is 0.328 e. The van der Waals surface area contributed by atoms with Crippen LogP contribution in [0.15, 0.2) is 30.6 Å². The molecular formula is C18H25N3O5. The van der Waals surface area contributed by atoms with E-state index in [9.17, 15) is 9.59 Å². The van der Waals surface area contributed by atoms with E-state index >= 15 is 0 Å². The minimum Gasteiger partial charge on any atom is -0.492 e. The van der Waals surface area contributed by atoms with Crippen LogP contribution in [0.2, 0.25) is 0 Å². The van der Waals surface area contributed by atoms with Crippen molar-refractivity contribution in [2.24, 2.45) is 0 Å². The van der Waals surface area contributed by atoms with Crippen molar-refractivity contribution in [3.05, 3.63) is 30.6 Å². The SMILES string of the molecule is CCOc1cncc(N2C3CCNCC2CC3)c1.O=C(O)/C=C/C(=O)O. The minimum absolute atomic E-state index is 0.558. The molecule has 3 heterocycles. The molecule has 26 heavy (non-hydrogen) atoms. The third-order valence-corrected chi connectivity index (χ3v) is 4.33. The molecule has 2 aliphatic rings. The molecule has 2 bridgehead atoms. The van der Waals surface area contributed by atoms with Crippen LogP contribution in [0.4, 0.5) is 5.69 Å². The Morgan fingerprint density at radius 3 is 2.58 bits per heavy atom. The number of anilines is 1. The van der Waals surface area contributed by atoms with Crippen LogP contribution in [0.1, 0.15) is 26.2 Å². The van der Waals surface area contributed by atoms with Gasteiger partial charge in [0.15, 0.2) is 0 Å². The first-order valence-electron chi connectivity index (χ1n) is 8.72. The van der Waals surface area contributed by atoms with Crippen LogP contribution in [0.3, 0.4) is 0 Å². The summed E-state index contributed by atoms with van der Waals surface area (Å²) < 4.78 is 5.55. The molecule has 1 aromatic rings. The fraction of sp³-hybridized carbons (Fsp3) is 0.500. The third kappa shape index (κ3) is 5.73. The monoisotopic (exact) mass is 363 g/mol. The van der Waals surface area contributed by atoms with Crippen LogP contribution in [-0.4, -0.2) is 58.9 Å². The highest BCUT2D eigenvalue weighted by molar-refractivity contribution is 5.89. The lowest BCUT2D eigenvalue weighted by Gasteiger charge is -2.30. The van der Waals surface area contributed by atoms with Crippen molar-refractivity contribution in [1.29, 1.82) is 0 Å². The van der Waals surface area contributed by atoms with Gasteiger partial charge in [0, 0.05) is 36.8 Å². The molecule has 0 aromatic carbocycles. The average Bonchev–Trinajstić information content (AvgIpc) is 2.87. The zero-order valence-corrected chi connectivity index (χ0v) is 14.8. The van der Waals surface area contributed by atoms with Gasteiger partial charge in [-0.1, -0.05) is 0 Å². The lowest BCUT2D eigenvalue weighted by atomic mass is 10.1. The minimum atomic E-state index is -1.26. The van der Waals surface area contributed by atoms with E-state index < -0.39 is 11.9 Å². The van der Waals surface area contributed by atoms with Gasteiger partial charge in [0.25, 0.3) is 0 Å². The molecular weight excluding hydrogens is 338 g/mol. The van der Waals surface area contributed by atoms with Crippen molar-refractivity contribution >= 4 is 17.6 Å². The molecule has 2 aliphatic heterocycles. The Labute approximate surface area is 152 Å². The number of ether oxygens (including phenoxy) is 1. The van der Waals surface area contributed by atoms with Gasteiger partial charge in [-0.3, -0.25) is 4.98 Å². The summed E-state index contributed by atoms with van der Waals surface area (Å²) in [6.45, 7) is 4.93. The van der Waals surface area contributed by atoms with Crippen molar-refractivity contribution in [2.75, 3.05) is 24.6 Å². The number of carbonyl (C=O) groups is 2. The smallest absolute Gasteiger partial charge is 0.328 e. The lowest BCUT2D eigenvalue weighted by molar-refractivity contribution is -0.134. The molecule has 2 unspecified atom stereocenters. The quantitative estimate of drug-likeness (QED) is 0.675. The van der Waals surface area contributed by atoms with Gasteiger partial charge in [0.1, 0.15) is 5.75 Å². The van der Waals surface area contributed by atoms with Gasteiger partial charge in [-0.25, -0.2) is 9.59 Å². The van der Waals surface area contributed by atoms with Crippen molar-refractivity contribution in [2.45, 2.75) is 38.3 Å². The summed E-state index contributed by atoms with van der Waals surface area (Å²) in [6.07, 6.45) is 8.71. The molecule has 0 spiro atoms. The highest BCUT2D eigenvalue weighted by Gasteiger charge is 2.35. The van der Waals surface area contributed by atoms with Crippen molar-refractivity contribution in [3.63, 3.8) is 0 Å². The van der Waals surface area contributed by atoms with Gasteiger partial charge in [-0.15, -0.1) is 0 Å². The van der Waals surface area contributed by atoms with E-state index in [2.05, 4.69) is 21.3 Å². The number of nitrogens with one attached hydrogen (secondary N) is 1. The summed E-state index contributed by atoms with van der Waals surface area (Å²) in [6, 6.07) is 3.42. The normalized spacial score (nSPS) is 21.7. The Hall–Kier alpha value is -2.61. The Balaban J connectivity index is 0.000000260. The highest BCUT2D eigenvalue weighted by Crippen LogP contribution is 2.34. The van der Waals surface area contributed by atoms with Crippen molar-refractivity contribution in [1.82, 2.24) is 10.3 Å². The van der Waals surface area contributed by atoms with Gasteiger partial charge in [0.05, 0.1) is 24.7 Å². The number of carboxylic acid groups (broad SMARTS) is 2. The topological polar surface area (TPSA) is 112 Å². The zero-order chi connectivity index (χ0) is 18.9. The van der Waals surface area contributed by atoms with E-state index in [1.807, 2.05) is 13.1 Å². The number of aliphatic carboxylic acids is 2. The maximum atomic E-state index is 9.55. The second-order valence-corrected chi connectivity index (χ2v) is 6.11. The van der Waals surface area contributed by atoms with Gasteiger partial charge >= 0.3 is 11.9 Å². The maximum absolute atomic E-state index is 9.55. The zero-order valence-electron chi connectivity index (χ0n) is 14.8. The summed E-state index contributed by atoms with van der Waals surface area (Å²) >= 11 is 0. The summed E-state index contributed by atoms with van der Waals surface area (Å²) in [7, 11) is 0. The summed E-state index contributed by atoms with van der Waals surface area (Å²) in [5, 5.41) is 19.1. The molecule has 0 radical (unpaired) electrons. The molecule has 2 fully saturated rings. The van der Waals surface area contributed by atoms with E-state index in [0.29, 0.717) is 30.8 Å². The Morgan fingerprint density at radius 1 is 1.23 bits per heavy atom. The molecule has 3 N–H and O–H groups in total. The van der Waals surface area contributed by atoms with Gasteiger partial charge in [-0.05, 0) is 32.7 Å². The first-order chi connectivity index (χ1) is 12.5. The lowest BCUT2D eigenvalue weighted by Crippen LogP contribution is -2.38. The first kappa shape index (κ1) is 19.7. The predicted molar refractivity (Wildman–Crippen MR) is 96.6 cm³/mol. The van der Waals surface area contributed by atoms with E-state index in [4.69, 9.17) is 14.9 Å². The largest absolute Gasteiger partial charge is 0.492 e. The van der Waals surface area contributed by atoms with Crippen LogP contribution in [0.25, 0.3) is 0 Å². The molecule has 2 atom stereocenters. The Bertz CT molecular complexity index is 619. The number of carboxylic acids is 2. The van der Waals surface area contributed by atoms with E-state index in [-0.39, 0.29) is 0 Å². The van der Waals surface area contributed by atoms with Gasteiger partial charge in [-0.2, -0.15) is 0 Å². The Kier molecular flexibility index (Phi) is 7.40. The number of fused-ring (bicyclic) bond motifs is 2. The first-order valence-corrected chi connectivity index (χ1v) is 8.72. The fourth-order valence-corrected chi connectivity index (χ4v) is 3.34.